The van der Waals surface area contributed by atoms with E-state index in [2.05, 4.69) is 16.9 Å². The number of rotatable bonds is 11. The number of aliphatic imine (C=N–C) groups is 1. The second-order valence-electron chi connectivity index (χ2n) is 7.03. The Bertz CT molecular complexity index is 795. The number of hydrogen-bond donors (Lipinski definition) is 2. The van der Waals surface area contributed by atoms with Gasteiger partial charge in [0.25, 0.3) is 0 Å². The molecule has 170 valence electrons. The number of carbonyl (C=O) groups is 1. The minimum atomic E-state index is -3.71. The number of carbonyl (C=O) groups excluding carboxylic acids is 1. The number of nitrogens with one attached hydrogen (secondary N) is 1. The quantitative estimate of drug-likeness (QED) is 0.144. The SMILES string of the molecule is C=CCCCCCN(C)C(=NCc1ccc(S(N)(=O)=O)cc1)NCC(=O)N(C)C.I. The fraction of sp³-hybridized carbons (Fsp3) is 0.500. The fourth-order valence-corrected chi connectivity index (χ4v) is 3.01. The van der Waals surface area contributed by atoms with E-state index in [-0.39, 0.29) is 41.3 Å². The van der Waals surface area contributed by atoms with Crippen LogP contribution in [0.2, 0.25) is 0 Å². The van der Waals surface area contributed by atoms with Crippen molar-refractivity contribution in [2.24, 2.45) is 10.1 Å². The zero-order valence-electron chi connectivity index (χ0n) is 18.0. The van der Waals surface area contributed by atoms with E-state index < -0.39 is 10.0 Å². The van der Waals surface area contributed by atoms with E-state index in [0.717, 1.165) is 37.8 Å². The Morgan fingerprint density at radius 2 is 1.80 bits per heavy atom. The number of allylic oxidation sites excluding steroid dienone is 1. The summed E-state index contributed by atoms with van der Waals surface area (Å²) in [4.78, 5) is 20.1. The molecule has 1 amide bonds. The molecule has 0 spiro atoms. The Morgan fingerprint density at radius 1 is 1.17 bits per heavy atom. The van der Waals surface area contributed by atoms with Crippen LogP contribution in [0.5, 0.6) is 0 Å². The Kier molecular flexibility index (Phi) is 13.6. The van der Waals surface area contributed by atoms with Gasteiger partial charge in [-0.2, -0.15) is 0 Å². The van der Waals surface area contributed by atoms with Gasteiger partial charge in [-0.15, -0.1) is 30.6 Å². The highest BCUT2D eigenvalue weighted by molar-refractivity contribution is 14.0. The number of amides is 1. The van der Waals surface area contributed by atoms with E-state index in [9.17, 15) is 13.2 Å². The standard InChI is InChI=1S/C20H33N5O3S.HI/c1-5-6-7-8-9-14-25(4)20(23-16-19(26)24(2)3)22-15-17-10-12-18(13-11-17)29(21,27)28;/h5,10-13H,1,6-9,14-16H2,2-4H3,(H,22,23)(H2,21,27,28);1H. The Balaban J connectivity index is 0.00000841. The van der Waals surface area contributed by atoms with Crippen molar-refractivity contribution in [3.8, 4) is 0 Å². The molecule has 3 N–H and O–H groups in total. The van der Waals surface area contributed by atoms with Gasteiger partial charge in [0.05, 0.1) is 18.0 Å². The minimum absolute atomic E-state index is 0. The van der Waals surface area contributed by atoms with Crippen LogP contribution in [0.25, 0.3) is 0 Å². The van der Waals surface area contributed by atoms with Crippen molar-refractivity contribution in [2.75, 3.05) is 34.2 Å². The number of hydrogen-bond acceptors (Lipinski definition) is 4. The van der Waals surface area contributed by atoms with Gasteiger partial charge in [0.1, 0.15) is 0 Å². The lowest BCUT2D eigenvalue weighted by molar-refractivity contribution is -0.127. The second-order valence-corrected chi connectivity index (χ2v) is 8.59. The lowest BCUT2D eigenvalue weighted by atomic mass is 10.2. The third-order valence-corrected chi connectivity index (χ3v) is 5.25. The van der Waals surface area contributed by atoms with E-state index in [1.54, 1.807) is 26.2 Å². The van der Waals surface area contributed by atoms with Crippen LogP contribution in [0, 0.1) is 0 Å². The molecule has 1 aromatic carbocycles. The van der Waals surface area contributed by atoms with Crippen LogP contribution in [-0.2, 0) is 21.4 Å². The van der Waals surface area contributed by atoms with Gasteiger partial charge in [-0.3, -0.25) is 4.79 Å². The van der Waals surface area contributed by atoms with Crippen molar-refractivity contribution in [1.29, 1.82) is 0 Å². The number of halogens is 1. The van der Waals surface area contributed by atoms with Gasteiger partial charge in [0.15, 0.2) is 5.96 Å². The summed E-state index contributed by atoms with van der Waals surface area (Å²) in [5.41, 5.74) is 0.843. The largest absolute Gasteiger partial charge is 0.347 e. The van der Waals surface area contributed by atoms with Crippen LogP contribution in [0.3, 0.4) is 0 Å². The first-order valence-electron chi connectivity index (χ1n) is 9.57. The maximum absolute atomic E-state index is 11.9. The smallest absolute Gasteiger partial charge is 0.241 e. The molecule has 0 unspecified atom stereocenters. The van der Waals surface area contributed by atoms with E-state index in [1.807, 2.05) is 18.0 Å². The van der Waals surface area contributed by atoms with Crippen molar-refractivity contribution in [1.82, 2.24) is 15.1 Å². The average Bonchev–Trinajstić information content (AvgIpc) is 2.67. The molecular weight excluding hydrogens is 517 g/mol. The Hall–Kier alpha value is -1.66. The molecule has 0 fully saturated rings. The molecule has 8 nitrogen and oxygen atoms in total. The highest BCUT2D eigenvalue weighted by Crippen LogP contribution is 2.10. The van der Waals surface area contributed by atoms with Gasteiger partial charge < -0.3 is 15.1 Å². The van der Waals surface area contributed by atoms with Gasteiger partial charge in [-0.1, -0.05) is 24.6 Å². The van der Waals surface area contributed by atoms with Crippen LogP contribution < -0.4 is 10.5 Å². The third-order valence-electron chi connectivity index (χ3n) is 4.32. The number of likely N-dealkylation sites (N-methyl/N-ethyl adjacent to an activating group) is 1. The molecule has 10 heteroatoms. The summed E-state index contributed by atoms with van der Waals surface area (Å²) in [6.45, 7) is 5.04. The molecule has 0 aliphatic heterocycles. The minimum Gasteiger partial charge on any atom is -0.347 e. The summed E-state index contributed by atoms with van der Waals surface area (Å²) in [5, 5.41) is 8.24. The Morgan fingerprint density at radius 3 is 2.33 bits per heavy atom. The van der Waals surface area contributed by atoms with E-state index >= 15 is 0 Å². The molecular formula is C20H34IN5O3S. The summed E-state index contributed by atoms with van der Waals surface area (Å²) in [6, 6.07) is 6.29. The van der Waals surface area contributed by atoms with Crippen molar-refractivity contribution in [2.45, 2.75) is 37.1 Å². The van der Waals surface area contributed by atoms with Crippen molar-refractivity contribution in [3.63, 3.8) is 0 Å². The van der Waals surface area contributed by atoms with E-state index in [4.69, 9.17) is 5.14 Å². The molecule has 0 aromatic heterocycles. The zero-order chi connectivity index (χ0) is 21.9. The molecule has 0 atom stereocenters. The van der Waals surface area contributed by atoms with Gasteiger partial charge in [0.2, 0.25) is 15.9 Å². The highest BCUT2D eigenvalue weighted by atomic mass is 127. The van der Waals surface area contributed by atoms with Crippen molar-refractivity contribution < 1.29 is 13.2 Å². The number of unbranched alkanes of at least 4 members (excludes halogenated alkanes) is 3. The maximum Gasteiger partial charge on any atom is 0.241 e. The van der Waals surface area contributed by atoms with Gasteiger partial charge in [0, 0.05) is 27.7 Å². The summed E-state index contributed by atoms with van der Waals surface area (Å²) in [6.07, 6.45) is 6.14. The number of sulfonamides is 1. The topological polar surface area (TPSA) is 108 Å². The lowest BCUT2D eigenvalue weighted by Crippen LogP contribution is -2.44. The summed E-state index contributed by atoms with van der Waals surface area (Å²) in [5.74, 6) is 0.578. The number of nitrogens with two attached hydrogens (primary N) is 1. The third kappa shape index (κ3) is 10.9. The monoisotopic (exact) mass is 551 g/mol. The molecule has 30 heavy (non-hydrogen) atoms. The van der Waals surface area contributed by atoms with E-state index in [1.165, 1.54) is 17.0 Å². The number of primary sulfonamides is 1. The normalized spacial score (nSPS) is 11.4. The molecule has 0 saturated heterocycles. The Labute approximate surface area is 197 Å². The number of benzene rings is 1. The van der Waals surface area contributed by atoms with Crippen LogP contribution in [0.4, 0.5) is 0 Å². The maximum atomic E-state index is 11.9. The molecule has 0 saturated carbocycles. The van der Waals surface area contributed by atoms with Gasteiger partial charge in [-0.25, -0.2) is 18.5 Å². The predicted octanol–water partition coefficient (Wildman–Crippen LogP) is 2.16. The van der Waals surface area contributed by atoms with Crippen molar-refractivity contribution in [3.05, 3.63) is 42.5 Å². The molecule has 0 bridgehead atoms. The zero-order valence-corrected chi connectivity index (χ0v) is 21.2. The second kappa shape index (κ2) is 14.4. The van der Waals surface area contributed by atoms with Gasteiger partial charge in [-0.05, 0) is 37.0 Å². The summed E-state index contributed by atoms with van der Waals surface area (Å²) >= 11 is 0. The summed E-state index contributed by atoms with van der Waals surface area (Å²) < 4.78 is 22.7. The number of guanidine groups is 1. The molecule has 1 aromatic rings. The summed E-state index contributed by atoms with van der Waals surface area (Å²) in [7, 11) is 1.63. The molecule has 1 rings (SSSR count). The predicted molar refractivity (Wildman–Crippen MR) is 132 cm³/mol. The molecule has 0 aliphatic carbocycles. The van der Waals surface area contributed by atoms with Crippen LogP contribution in [0.1, 0.15) is 31.2 Å². The fourth-order valence-electron chi connectivity index (χ4n) is 2.50. The molecule has 0 radical (unpaired) electrons. The average molecular weight is 551 g/mol. The van der Waals surface area contributed by atoms with Crippen LogP contribution >= 0.6 is 24.0 Å². The first kappa shape index (κ1) is 28.3. The highest BCUT2D eigenvalue weighted by Gasteiger charge is 2.11. The lowest BCUT2D eigenvalue weighted by Gasteiger charge is -2.23. The van der Waals surface area contributed by atoms with Gasteiger partial charge >= 0.3 is 0 Å². The number of nitrogens with zero attached hydrogens (tertiary/aromatic N) is 3. The van der Waals surface area contributed by atoms with E-state index in [0.29, 0.717) is 12.5 Å². The first-order valence-corrected chi connectivity index (χ1v) is 11.1. The molecule has 0 aliphatic rings. The van der Waals surface area contributed by atoms with Crippen molar-refractivity contribution >= 4 is 45.9 Å². The molecule has 0 heterocycles. The van der Waals surface area contributed by atoms with Crippen LogP contribution in [0.15, 0.2) is 46.8 Å². The van der Waals surface area contributed by atoms with Crippen LogP contribution in [-0.4, -0.2) is 64.3 Å². The first-order chi connectivity index (χ1) is 13.6.